The highest BCUT2D eigenvalue weighted by Crippen LogP contribution is 2.33. The molecule has 1 aliphatic carbocycles. The molecule has 5 heteroatoms. The SMILES string of the molecule is CN(C1CCCCCC1)C1(CN)CCS(=O)(=O)C1. The summed E-state index contributed by atoms with van der Waals surface area (Å²) in [6.45, 7) is 0.458. The van der Waals surface area contributed by atoms with Gasteiger partial charge in [-0.05, 0) is 26.3 Å². The minimum Gasteiger partial charge on any atom is -0.329 e. The summed E-state index contributed by atoms with van der Waals surface area (Å²) in [6, 6.07) is 0.518. The van der Waals surface area contributed by atoms with Crippen LogP contribution in [0, 0.1) is 0 Å². The second kappa shape index (κ2) is 5.47. The van der Waals surface area contributed by atoms with Gasteiger partial charge in [0, 0.05) is 18.1 Å². The highest BCUT2D eigenvalue weighted by Gasteiger charge is 2.46. The lowest BCUT2D eigenvalue weighted by Gasteiger charge is -2.42. The van der Waals surface area contributed by atoms with Gasteiger partial charge in [-0.15, -0.1) is 0 Å². The molecule has 1 aliphatic heterocycles. The predicted molar refractivity (Wildman–Crippen MR) is 74.3 cm³/mol. The Hall–Kier alpha value is -0.130. The van der Waals surface area contributed by atoms with E-state index in [1.165, 1.54) is 38.5 Å². The summed E-state index contributed by atoms with van der Waals surface area (Å²) >= 11 is 0. The highest BCUT2D eigenvalue weighted by atomic mass is 32.2. The molecule has 2 N–H and O–H groups in total. The van der Waals surface area contributed by atoms with E-state index < -0.39 is 9.84 Å². The largest absolute Gasteiger partial charge is 0.329 e. The maximum atomic E-state index is 11.8. The molecule has 1 saturated heterocycles. The Morgan fingerprint density at radius 2 is 1.83 bits per heavy atom. The fourth-order valence-electron chi connectivity index (χ4n) is 3.51. The van der Waals surface area contributed by atoms with Crippen LogP contribution >= 0.6 is 0 Å². The Morgan fingerprint density at radius 3 is 2.28 bits per heavy atom. The normalized spacial score (nSPS) is 33.7. The minimum absolute atomic E-state index is 0.253. The van der Waals surface area contributed by atoms with Crippen LogP contribution in [0.3, 0.4) is 0 Å². The first kappa shape index (κ1) is 14.3. The summed E-state index contributed by atoms with van der Waals surface area (Å²) in [6.07, 6.45) is 8.26. The topological polar surface area (TPSA) is 63.4 Å². The molecule has 1 atom stereocenters. The Kier molecular flexibility index (Phi) is 4.34. The van der Waals surface area contributed by atoms with E-state index in [2.05, 4.69) is 11.9 Å². The van der Waals surface area contributed by atoms with E-state index in [4.69, 9.17) is 5.73 Å². The summed E-state index contributed by atoms with van der Waals surface area (Å²) in [5, 5.41) is 0. The van der Waals surface area contributed by atoms with Gasteiger partial charge in [0.1, 0.15) is 0 Å². The summed E-state index contributed by atoms with van der Waals surface area (Å²) in [5.74, 6) is 0.560. The number of rotatable bonds is 3. The Bertz CT molecular complexity index is 374. The van der Waals surface area contributed by atoms with Crippen LogP contribution in [0.4, 0.5) is 0 Å². The van der Waals surface area contributed by atoms with E-state index in [-0.39, 0.29) is 11.3 Å². The van der Waals surface area contributed by atoms with Gasteiger partial charge in [-0.1, -0.05) is 25.7 Å². The first-order valence-corrected chi connectivity index (χ1v) is 8.95. The van der Waals surface area contributed by atoms with Gasteiger partial charge >= 0.3 is 0 Å². The average Bonchev–Trinajstić information content (AvgIpc) is 2.56. The van der Waals surface area contributed by atoms with Crippen LogP contribution in [-0.4, -0.2) is 50.0 Å². The molecule has 0 radical (unpaired) electrons. The van der Waals surface area contributed by atoms with Crippen molar-refractivity contribution in [2.75, 3.05) is 25.1 Å². The first-order valence-electron chi connectivity index (χ1n) is 7.13. The van der Waals surface area contributed by atoms with E-state index in [0.29, 0.717) is 24.8 Å². The minimum atomic E-state index is -2.88. The van der Waals surface area contributed by atoms with Gasteiger partial charge in [0.05, 0.1) is 11.5 Å². The lowest BCUT2D eigenvalue weighted by atomic mass is 9.93. The molecule has 0 amide bonds. The summed E-state index contributed by atoms with van der Waals surface area (Å²) < 4.78 is 23.6. The number of sulfone groups is 1. The van der Waals surface area contributed by atoms with Crippen molar-refractivity contribution >= 4 is 9.84 Å². The van der Waals surface area contributed by atoms with Crippen LogP contribution in [0.5, 0.6) is 0 Å². The Labute approximate surface area is 111 Å². The van der Waals surface area contributed by atoms with Gasteiger partial charge < -0.3 is 5.73 Å². The van der Waals surface area contributed by atoms with Crippen LogP contribution in [0.15, 0.2) is 0 Å². The van der Waals surface area contributed by atoms with Gasteiger partial charge in [-0.2, -0.15) is 0 Å². The van der Waals surface area contributed by atoms with E-state index in [0.717, 1.165) is 0 Å². The van der Waals surface area contributed by atoms with Gasteiger partial charge in [-0.3, -0.25) is 4.90 Å². The van der Waals surface area contributed by atoms with E-state index in [9.17, 15) is 8.42 Å². The molecule has 0 spiro atoms. The predicted octanol–water partition coefficient (Wildman–Crippen LogP) is 1.16. The highest BCUT2D eigenvalue weighted by molar-refractivity contribution is 7.91. The number of nitrogens with zero attached hydrogens (tertiary/aromatic N) is 1. The van der Waals surface area contributed by atoms with Gasteiger partial charge in [0.2, 0.25) is 0 Å². The molecular formula is C13H26N2O2S. The molecule has 4 nitrogen and oxygen atoms in total. The van der Waals surface area contributed by atoms with Crippen LogP contribution in [-0.2, 0) is 9.84 Å². The van der Waals surface area contributed by atoms with Crippen LogP contribution in [0.1, 0.15) is 44.9 Å². The number of hydrogen-bond acceptors (Lipinski definition) is 4. The van der Waals surface area contributed by atoms with Crippen molar-refractivity contribution in [3.8, 4) is 0 Å². The van der Waals surface area contributed by atoms with E-state index in [1.54, 1.807) is 0 Å². The number of nitrogens with two attached hydrogens (primary N) is 1. The molecule has 0 aromatic carbocycles. The molecule has 2 fully saturated rings. The lowest BCUT2D eigenvalue weighted by Crippen LogP contribution is -2.56. The quantitative estimate of drug-likeness (QED) is 0.784. The van der Waals surface area contributed by atoms with E-state index >= 15 is 0 Å². The van der Waals surface area contributed by atoms with Gasteiger partial charge in [0.15, 0.2) is 9.84 Å². The molecule has 106 valence electrons. The van der Waals surface area contributed by atoms with Gasteiger partial charge in [0.25, 0.3) is 0 Å². The Morgan fingerprint density at radius 1 is 1.22 bits per heavy atom. The second-order valence-corrected chi connectivity index (χ2v) is 8.21. The zero-order chi connectivity index (χ0) is 13.2. The van der Waals surface area contributed by atoms with E-state index in [1.807, 2.05) is 0 Å². The second-order valence-electron chi connectivity index (χ2n) is 6.03. The van der Waals surface area contributed by atoms with Crippen molar-refractivity contribution in [2.24, 2.45) is 5.73 Å². The molecule has 1 unspecified atom stereocenters. The molecule has 18 heavy (non-hydrogen) atoms. The van der Waals surface area contributed by atoms with Crippen LogP contribution in [0.25, 0.3) is 0 Å². The molecule has 1 heterocycles. The summed E-state index contributed by atoms with van der Waals surface area (Å²) in [4.78, 5) is 2.31. The van der Waals surface area contributed by atoms with Gasteiger partial charge in [-0.25, -0.2) is 8.42 Å². The fourth-order valence-corrected chi connectivity index (χ4v) is 5.63. The number of hydrogen-bond donors (Lipinski definition) is 1. The lowest BCUT2D eigenvalue weighted by molar-refractivity contribution is 0.0882. The smallest absolute Gasteiger partial charge is 0.152 e. The monoisotopic (exact) mass is 274 g/mol. The number of likely N-dealkylation sites (N-methyl/N-ethyl adjacent to an activating group) is 1. The Balaban J connectivity index is 2.12. The molecular weight excluding hydrogens is 248 g/mol. The zero-order valence-electron chi connectivity index (χ0n) is 11.4. The zero-order valence-corrected chi connectivity index (χ0v) is 12.2. The van der Waals surface area contributed by atoms with Crippen LogP contribution in [0.2, 0.25) is 0 Å². The standard InChI is InChI=1S/C13H26N2O2S/c1-15(12-6-4-2-3-5-7-12)13(10-14)8-9-18(16,17)11-13/h12H,2-11,14H2,1H3. The van der Waals surface area contributed by atoms with Crippen molar-refractivity contribution in [3.63, 3.8) is 0 Å². The molecule has 2 aliphatic rings. The van der Waals surface area contributed by atoms with Crippen molar-refractivity contribution in [1.82, 2.24) is 4.90 Å². The molecule has 1 saturated carbocycles. The van der Waals surface area contributed by atoms with Crippen molar-refractivity contribution < 1.29 is 8.42 Å². The van der Waals surface area contributed by atoms with Crippen molar-refractivity contribution in [1.29, 1.82) is 0 Å². The maximum Gasteiger partial charge on any atom is 0.152 e. The molecule has 0 bridgehead atoms. The van der Waals surface area contributed by atoms with Crippen molar-refractivity contribution in [2.45, 2.75) is 56.5 Å². The third-order valence-corrected chi connectivity index (χ3v) is 6.67. The fraction of sp³-hybridized carbons (Fsp3) is 1.00. The maximum absolute atomic E-state index is 11.8. The molecule has 0 aromatic heterocycles. The molecule has 2 rings (SSSR count). The third-order valence-electron chi connectivity index (χ3n) is 4.87. The average molecular weight is 274 g/mol. The first-order chi connectivity index (χ1) is 8.49. The summed E-state index contributed by atoms with van der Waals surface area (Å²) in [5.41, 5.74) is 5.63. The van der Waals surface area contributed by atoms with Crippen molar-refractivity contribution in [3.05, 3.63) is 0 Å². The third kappa shape index (κ3) is 2.89. The summed E-state index contributed by atoms with van der Waals surface area (Å²) in [7, 11) is -0.793. The van der Waals surface area contributed by atoms with Crippen LogP contribution < -0.4 is 5.73 Å². The molecule has 0 aromatic rings.